The molecule has 0 amide bonds. The maximum atomic E-state index is 6.12. The molecule has 28 heavy (non-hydrogen) atoms. The molecule has 3 aromatic carbocycles. The molecule has 0 atom stereocenters. The van der Waals surface area contributed by atoms with Crippen molar-refractivity contribution in [3.05, 3.63) is 79.0 Å². The minimum atomic E-state index is 0.821. The first-order chi connectivity index (χ1) is 13.8. The number of pyridine rings is 1. The highest BCUT2D eigenvalue weighted by molar-refractivity contribution is 6.17. The van der Waals surface area contributed by atoms with Crippen LogP contribution in [0.1, 0.15) is 0 Å². The Morgan fingerprint density at radius 1 is 0.750 bits per heavy atom. The van der Waals surface area contributed by atoms with Crippen molar-refractivity contribution in [3.8, 4) is 11.6 Å². The molecule has 4 nitrogen and oxygen atoms in total. The van der Waals surface area contributed by atoms with E-state index in [1.807, 2.05) is 48.7 Å². The number of ether oxygens (including phenoxy) is 1. The lowest BCUT2D eigenvalue weighted by molar-refractivity contribution is 0.415. The van der Waals surface area contributed by atoms with Crippen molar-refractivity contribution in [3.63, 3.8) is 0 Å². The van der Waals surface area contributed by atoms with E-state index < -0.39 is 0 Å². The van der Waals surface area contributed by atoms with Gasteiger partial charge < -0.3 is 9.15 Å². The lowest BCUT2D eigenvalue weighted by atomic mass is 10.1. The lowest BCUT2D eigenvalue weighted by Gasteiger charge is -2.07. The molecule has 0 aliphatic carbocycles. The Morgan fingerprint density at radius 3 is 2.46 bits per heavy atom. The smallest absolute Gasteiger partial charge is 0.137 e. The maximum absolute atomic E-state index is 6.12. The zero-order valence-corrected chi connectivity index (χ0v) is 15.2. The third-order valence-corrected chi connectivity index (χ3v) is 5.35. The SMILES string of the molecule is COc1ccc2c3cc4oc5ccccc5c4cc3n(-c3ccccn3)c2c1. The zero-order valence-electron chi connectivity index (χ0n) is 15.2. The highest BCUT2D eigenvalue weighted by atomic mass is 16.5. The molecule has 0 aliphatic rings. The summed E-state index contributed by atoms with van der Waals surface area (Å²) in [6.07, 6.45) is 1.82. The Balaban J connectivity index is 1.83. The summed E-state index contributed by atoms with van der Waals surface area (Å²) in [7, 11) is 1.69. The van der Waals surface area contributed by atoms with Crippen LogP contribution in [0.2, 0.25) is 0 Å². The van der Waals surface area contributed by atoms with Gasteiger partial charge in [0.1, 0.15) is 22.7 Å². The average molecular weight is 364 g/mol. The molecule has 0 aliphatic heterocycles. The van der Waals surface area contributed by atoms with Gasteiger partial charge in [-0.2, -0.15) is 0 Å². The van der Waals surface area contributed by atoms with Gasteiger partial charge in [-0.25, -0.2) is 4.98 Å². The van der Waals surface area contributed by atoms with Crippen molar-refractivity contribution in [2.75, 3.05) is 7.11 Å². The average Bonchev–Trinajstić information content (AvgIpc) is 3.27. The van der Waals surface area contributed by atoms with Crippen LogP contribution in [0.4, 0.5) is 0 Å². The molecule has 0 N–H and O–H groups in total. The van der Waals surface area contributed by atoms with Gasteiger partial charge in [0.2, 0.25) is 0 Å². The standard InChI is InChI=1S/C24H16N2O2/c1-27-15-9-10-16-18-14-23-19(17-6-2-3-7-22(17)28-23)13-21(18)26(20(16)12-15)24-8-4-5-11-25-24/h2-14H,1H3. The van der Waals surface area contributed by atoms with Crippen LogP contribution in [0.5, 0.6) is 5.75 Å². The number of rotatable bonds is 2. The minimum absolute atomic E-state index is 0.821. The predicted molar refractivity (Wildman–Crippen MR) is 112 cm³/mol. The summed E-state index contributed by atoms with van der Waals surface area (Å²) in [6, 6.07) is 24.6. The van der Waals surface area contributed by atoms with Gasteiger partial charge in [0.25, 0.3) is 0 Å². The van der Waals surface area contributed by atoms with E-state index in [1.54, 1.807) is 7.11 Å². The van der Waals surface area contributed by atoms with Crippen LogP contribution in [0.3, 0.4) is 0 Å². The molecule has 0 fully saturated rings. The van der Waals surface area contributed by atoms with Gasteiger partial charge in [0, 0.05) is 33.8 Å². The quantitative estimate of drug-likeness (QED) is 0.373. The first-order valence-corrected chi connectivity index (χ1v) is 9.18. The number of hydrogen-bond donors (Lipinski definition) is 0. The topological polar surface area (TPSA) is 40.2 Å². The molecule has 0 bridgehead atoms. The van der Waals surface area contributed by atoms with Crippen molar-refractivity contribution in [2.24, 2.45) is 0 Å². The third-order valence-electron chi connectivity index (χ3n) is 5.35. The van der Waals surface area contributed by atoms with Gasteiger partial charge in [-0.1, -0.05) is 24.3 Å². The minimum Gasteiger partial charge on any atom is -0.497 e. The monoisotopic (exact) mass is 364 g/mol. The number of para-hydroxylation sites is 1. The van der Waals surface area contributed by atoms with Crippen LogP contribution < -0.4 is 4.74 Å². The molecule has 0 radical (unpaired) electrons. The number of fused-ring (bicyclic) bond motifs is 6. The van der Waals surface area contributed by atoms with Crippen LogP contribution in [-0.4, -0.2) is 16.7 Å². The second-order valence-electron chi connectivity index (χ2n) is 6.87. The van der Waals surface area contributed by atoms with Crippen molar-refractivity contribution >= 4 is 43.7 Å². The summed E-state index contributed by atoms with van der Waals surface area (Å²) in [5, 5.41) is 4.50. The zero-order chi connectivity index (χ0) is 18.7. The fourth-order valence-electron chi connectivity index (χ4n) is 4.07. The lowest BCUT2D eigenvalue weighted by Crippen LogP contribution is -1.96. The fraction of sp³-hybridized carbons (Fsp3) is 0.0417. The molecule has 0 saturated heterocycles. The van der Waals surface area contributed by atoms with Crippen LogP contribution in [0, 0.1) is 0 Å². The van der Waals surface area contributed by atoms with Gasteiger partial charge in [0.15, 0.2) is 0 Å². The van der Waals surface area contributed by atoms with Crippen LogP contribution in [0.15, 0.2) is 83.4 Å². The molecular weight excluding hydrogens is 348 g/mol. The molecule has 3 aromatic heterocycles. The van der Waals surface area contributed by atoms with Crippen molar-refractivity contribution in [2.45, 2.75) is 0 Å². The number of nitrogens with zero attached hydrogens (tertiary/aromatic N) is 2. The van der Waals surface area contributed by atoms with E-state index in [4.69, 9.17) is 9.15 Å². The van der Waals surface area contributed by atoms with Gasteiger partial charge in [-0.05, 0) is 42.5 Å². The molecule has 134 valence electrons. The number of hydrogen-bond acceptors (Lipinski definition) is 3. The molecule has 6 rings (SSSR count). The van der Waals surface area contributed by atoms with E-state index in [0.29, 0.717) is 0 Å². The summed E-state index contributed by atoms with van der Waals surface area (Å²) < 4.78 is 13.8. The van der Waals surface area contributed by atoms with E-state index in [0.717, 1.165) is 55.3 Å². The third kappa shape index (κ3) is 2.03. The summed E-state index contributed by atoms with van der Waals surface area (Å²) in [4.78, 5) is 4.61. The van der Waals surface area contributed by atoms with E-state index in [9.17, 15) is 0 Å². The number of methoxy groups -OCH3 is 1. The van der Waals surface area contributed by atoms with Crippen LogP contribution >= 0.6 is 0 Å². The Labute approximate surface area is 160 Å². The molecule has 0 spiro atoms. The first-order valence-electron chi connectivity index (χ1n) is 9.18. The highest BCUT2D eigenvalue weighted by Crippen LogP contribution is 2.38. The van der Waals surface area contributed by atoms with Crippen molar-refractivity contribution in [1.82, 2.24) is 9.55 Å². The van der Waals surface area contributed by atoms with Crippen LogP contribution in [0.25, 0.3) is 49.6 Å². The van der Waals surface area contributed by atoms with E-state index in [-0.39, 0.29) is 0 Å². The Kier molecular flexibility index (Phi) is 3.06. The van der Waals surface area contributed by atoms with E-state index in [1.165, 1.54) is 0 Å². The highest BCUT2D eigenvalue weighted by Gasteiger charge is 2.17. The summed E-state index contributed by atoms with van der Waals surface area (Å²) in [5.41, 5.74) is 3.95. The summed E-state index contributed by atoms with van der Waals surface area (Å²) >= 11 is 0. The van der Waals surface area contributed by atoms with Crippen LogP contribution in [-0.2, 0) is 0 Å². The Hall–Kier alpha value is -3.79. The van der Waals surface area contributed by atoms with E-state index >= 15 is 0 Å². The van der Waals surface area contributed by atoms with Crippen molar-refractivity contribution < 1.29 is 9.15 Å². The largest absolute Gasteiger partial charge is 0.497 e. The van der Waals surface area contributed by atoms with Gasteiger partial charge in [-0.3, -0.25) is 4.57 Å². The molecule has 0 unspecified atom stereocenters. The maximum Gasteiger partial charge on any atom is 0.137 e. The normalized spacial score (nSPS) is 11.8. The Morgan fingerprint density at radius 2 is 1.61 bits per heavy atom. The molecule has 0 saturated carbocycles. The Bertz CT molecular complexity index is 1490. The van der Waals surface area contributed by atoms with Gasteiger partial charge >= 0.3 is 0 Å². The summed E-state index contributed by atoms with van der Waals surface area (Å²) in [6.45, 7) is 0. The molecule has 6 aromatic rings. The molecule has 3 heterocycles. The first kappa shape index (κ1) is 15.3. The number of benzene rings is 3. The number of aromatic nitrogens is 2. The molecular formula is C24H16N2O2. The molecule has 4 heteroatoms. The second-order valence-corrected chi connectivity index (χ2v) is 6.87. The fourth-order valence-corrected chi connectivity index (χ4v) is 4.07. The van der Waals surface area contributed by atoms with Gasteiger partial charge in [-0.15, -0.1) is 0 Å². The van der Waals surface area contributed by atoms with Gasteiger partial charge in [0.05, 0.1) is 18.1 Å². The van der Waals surface area contributed by atoms with Crippen molar-refractivity contribution in [1.29, 1.82) is 0 Å². The predicted octanol–water partition coefficient (Wildman–Crippen LogP) is 6.09. The van der Waals surface area contributed by atoms with E-state index in [2.05, 4.69) is 39.9 Å². The second kappa shape index (κ2) is 5.60. The summed E-state index contributed by atoms with van der Waals surface area (Å²) in [5.74, 6) is 1.70. The number of furan rings is 1.